The number of likely N-dealkylation sites (N-methyl/N-ethyl adjacent to an activating group) is 1. The summed E-state index contributed by atoms with van der Waals surface area (Å²) < 4.78 is 1.82. The van der Waals surface area contributed by atoms with Crippen LogP contribution in [0.3, 0.4) is 0 Å². The monoisotopic (exact) mass is 287 g/mol. The Labute approximate surface area is 126 Å². The van der Waals surface area contributed by atoms with Gasteiger partial charge >= 0.3 is 0 Å². The minimum Gasteiger partial charge on any atom is -0.326 e. The van der Waals surface area contributed by atoms with Gasteiger partial charge in [-0.25, -0.2) is 0 Å². The molecule has 5 heteroatoms. The maximum Gasteiger partial charge on any atom is 0.0547 e. The third-order valence-electron chi connectivity index (χ3n) is 3.78. The number of pyridine rings is 1. The predicted molar refractivity (Wildman–Crippen MR) is 84.7 cm³/mol. The molecule has 0 aliphatic carbocycles. The van der Waals surface area contributed by atoms with Crippen LogP contribution in [0.5, 0.6) is 0 Å². The van der Waals surface area contributed by atoms with Crippen LogP contribution in [0.4, 0.5) is 0 Å². The van der Waals surface area contributed by atoms with Crippen molar-refractivity contribution in [3.05, 3.63) is 47.5 Å². The Kier molecular flexibility index (Phi) is 5.09. The zero-order chi connectivity index (χ0) is 15.4. The average Bonchev–Trinajstić information content (AvgIpc) is 2.85. The second-order valence-electron chi connectivity index (χ2n) is 5.65. The average molecular weight is 287 g/mol. The van der Waals surface area contributed by atoms with E-state index in [4.69, 9.17) is 5.73 Å². The van der Waals surface area contributed by atoms with E-state index in [0.717, 1.165) is 29.9 Å². The van der Waals surface area contributed by atoms with E-state index in [9.17, 15) is 0 Å². The van der Waals surface area contributed by atoms with Gasteiger partial charge in [0.15, 0.2) is 0 Å². The highest BCUT2D eigenvalue weighted by molar-refractivity contribution is 5.15. The molecule has 2 rings (SSSR count). The summed E-state index contributed by atoms with van der Waals surface area (Å²) in [4.78, 5) is 6.83. The van der Waals surface area contributed by atoms with Crippen LogP contribution in [0.2, 0.25) is 0 Å². The zero-order valence-corrected chi connectivity index (χ0v) is 13.3. The van der Waals surface area contributed by atoms with E-state index >= 15 is 0 Å². The maximum atomic E-state index is 6.34. The number of hydrogen-bond donors (Lipinski definition) is 1. The molecule has 114 valence electrons. The fraction of sp³-hybridized carbons (Fsp3) is 0.500. The molecule has 0 radical (unpaired) electrons. The smallest absolute Gasteiger partial charge is 0.0547 e. The van der Waals surface area contributed by atoms with E-state index in [2.05, 4.69) is 35.0 Å². The molecule has 0 aliphatic heterocycles. The topological polar surface area (TPSA) is 60.0 Å². The van der Waals surface area contributed by atoms with Crippen molar-refractivity contribution in [2.75, 3.05) is 7.05 Å². The van der Waals surface area contributed by atoms with Gasteiger partial charge in [-0.1, -0.05) is 13.0 Å². The summed E-state index contributed by atoms with van der Waals surface area (Å²) in [6, 6.07) is 6.33. The second-order valence-corrected chi connectivity index (χ2v) is 5.65. The van der Waals surface area contributed by atoms with Crippen molar-refractivity contribution in [1.82, 2.24) is 19.7 Å². The summed E-state index contributed by atoms with van der Waals surface area (Å²) in [6.45, 7) is 4.90. The third-order valence-corrected chi connectivity index (χ3v) is 3.78. The van der Waals surface area contributed by atoms with Gasteiger partial charge in [0.2, 0.25) is 0 Å². The molecule has 2 atom stereocenters. The highest BCUT2D eigenvalue weighted by atomic mass is 15.2. The van der Waals surface area contributed by atoms with Gasteiger partial charge in [-0.2, -0.15) is 5.10 Å². The standard InChI is InChI=1S/C16H25N5/c1-5-15(17)16(13-9-18-21(4)10-13)20(3)11-14-8-6-7-12(2)19-14/h6-10,15-16H,5,11,17H2,1-4H3. The minimum atomic E-state index is 0.0732. The van der Waals surface area contributed by atoms with Crippen molar-refractivity contribution in [2.45, 2.75) is 38.9 Å². The first-order valence-electron chi connectivity index (χ1n) is 7.38. The molecule has 2 heterocycles. The van der Waals surface area contributed by atoms with Crippen LogP contribution in [0.1, 0.15) is 36.3 Å². The van der Waals surface area contributed by atoms with E-state index in [1.54, 1.807) is 0 Å². The third kappa shape index (κ3) is 3.89. The Bertz CT molecular complexity index is 578. The molecule has 2 aromatic rings. The fourth-order valence-corrected chi connectivity index (χ4v) is 2.69. The second kappa shape index (κ2) is 6.83. The molecule has 0 saturated carbocycles. The number of hydrogen-bond acceptors (Lipinski definition) is 4. The van der Waals surface area contributed by atoms with Gasteiger partial charge in [-0.15, -0.1) is 0 Å². The van der Waals surface area contributed by atoms with E-state index < -0.39 is 0 Å². The Balaban J connectivity index is 2.20. The summed E-state index contributed by atoms with van der Waals surface area (Å²) in [6.07, 6.45) is 4.87. The van der Waals surface area contributed by atoms with E-state index in [0.29, 0.717) is 0 Å². The number of nitrogens with zero attached hydrogens (tertiary/aromatic N) is 4. The van der Waals surface area contributed by atoms with Crippen LogP contribution in [-0.2, 0) is 13.6 Å². The molecule has 0 bridgehead atoms. The van der Waals surface area contributed by atoms with Gasteiger partial charge in [0, 0.05) is 37.1 Å². The molecule has 21 heavy (non-hydrogen) atoms. The first-order valence-corrected chi connectivity index (χ1v) is 7.38. The highest BCUT2D eigenvalue weighted by Crippen LogP contribution is 2.24. The Morgan fingerprint density at radius 1 is 1.38 bits per heavy atom. The summed E-state index contributed by atoms with van der Waals surface area (Å²) in [7, 11) is 4.03. The summed E-state index contributed by atoms with van der Waals surface area (Å²) >= 11 is 0. The quantitative estimate of drug-likeness (QED) is 0.883. The van der Waals surface area contributed by atoms with Crippen molar-refractivity contribution < 1.29 is 0 Å². The zero-order valence-electron chi connectivity index (χ0n) is 13.3. The molecule has 5 nitrogen and oxygen atoms in total. The number of rotatable bonds is 6. The first kappa shape index (κ1) is 15.7. The van der Waals surface area contributed by atoms with Crippen LogP contribution >= 0.6 is 0 Å². The van der Waals surface area contributed by atoms with Gasteiger partial charge in [-0.3, -0.25) is 14.6 Å². The van der Waals surface area contributed by atoms with Crippen molar-refractivity contribution in [2.24, 2.45) is 12.8 Å². The molecular weight excluding hydrogens is 262 g/mol. The maximum absolute atomic E-state index is 6.34. The van der Waals surface area contributed by atoms with Gasteiger partial charge in [0.1, 0.15) is 0 Å². The van der Waals surface area contributed by atoms with Crippen LogP contribution in [0.25, 0.3) is 0 Å². The van der Waals surface area contributed by atoms with Crippen molar-refractivity contribution >= 4 is 0 Å². The van der Waals surface area contributed by atoms with E-state index in [1.165, 1.54) is 0 Å². The van der Waals surface area contributed by atoms with Crippen molar-refractivity contribution in [3.8, 4) is 0 Å². The summed E-state index contributed by atoms with van der Waals surface area (Å²) in [5.41, 5.74) is 9.60. The molecule has 0 aliphatic rings. The highest BCUT2D eigenvalue weighted by Gasteiger charge is 2.24. The van der Waals surface area contributed by atoms with Gasteiger partial charge < -0.3 is 5.73 Å². The lowest BCUT2D eigenvalue weighted by Gasteiger charge is -2.31. The normalized spacial score (nSPS) is 14.4. The molecule has 0 aromatic carbocycles. The number of aromatic nitrogens is 3. The van der Waals surface area contributed by atoms with Gasteiger partial charge in [0.05, 0.1) is 17.9 Å². The van der Waals surface area contributed by atoms with Crippen LogP contribution in [-0.4, -0.2) is 32.8 Å². The lowest BCUT2D eigenvalue weighted by Crippen LogP contribution is -2.38. The van der Waals surface area contributed by atoms with Gasteiger partial charge in [0.25, 0.3) is 0 Å². The lowest BCUT2D eigenvalue weighted by atomic mass is 9.99. The molecule has 2 aromatic heterocycles. The molecule has 2 N–H and O–H groups in total. The summed E-state index contributed by atoms with van der Waals surface area (Å²) in [5.74, 6) is 0. The Hall–Kier alpha value is -1.72. The molecular formula is C16H25N5. The largest absolute Gasteiger partial charge is 0.326 e. The predicted octanol–water partition coefficient (Wildman–Crippen LogP) is 2.03. The van der Waals surface area contributed by atoms with Crippen molar-refractivity contribution in [3.63, 3.8) is 0 Å². The van der Waals surface area contributed by atoms with Crippen LogP contribution in [0, 0.1) is 6.92 Å². The van der Waals surface area contributed by atoms with E-state index in [-0.39, 0.29) is 12.1 Å². The SMILES string of the molecule is CCC(N)C(c1cnn(C)c1)N(C)Cc1cccc(C)n1. The number of aryl methyl sites for hydroxylation is 2. The summed E-state index contributed by atoms with van der Waals surface area (Å²) in [5, 5.41) is 4.28. The molecule has 0 fully saturated rings. The fourth-order valence-electron chi connectivity index (χ4n) is 2.69. The van der Waals surface area contributed by atoms with Crippen molar-refractivity contribution in [1.29, 1.82) is 0 Å². The molecule has 0 spiro atoms. The van der Waals surface area contributed by atoms with Crippen LogP contribution in [0.15, 0.2) is 30.6 Å². The number of nitrogens with two attached hydrogens (primary N) is 1. The minimum absolute atomic E-state index is 0.0732. The molecule has 0 amide bonds. The van der Waals surface area contributed by atoms with Gasteiger partial charge in [-0.05, 0) is 32.5 Å². The van der Waals surface area contributed by atoms with Crippen LogP contribution < -0.4 is 5.73 Å². The van der Waals surface area contributed by atoms with E-state index in [1.807, 2.05) is 43.2 Å². The Morgan fingerprint density at radius 2 is 2.14 bits per heavy atom. The Morgan fingerprint density at radius 3 is 2.71 bits per heavy atom. The lowest BCUT2D eigenvalue weighted by molar-refractivity contribution is 0.199. The molecule has 0 saturated heterocycles. The first-order chi connectivity index (χ1) is 10.0. The molecule has 2 unspecified atom stereocenters.